The van der Waals surface area contributed by atoms with Gasteiger partial charge in [-0.2, -0.15) is 0 Å². The number of rotatable bonds is 6. The maximum Gasteiger partial charge on any atom is 0.330 e. The number of nitrogens with zero attached hydrogens (tertiary/aromatic N) is 3. The van der Waals surface area contributed by atoms with Crippen molar-refractivity contribution in [2.45, 2.75) is 42.7 Å². The number of benzene rings is 1. The summed E-state index contributed by atoms with van der Waals surface area (Å²) in [5.41, 5.74) is 2.42. The summed E-state index contributed by atoms with van der Waals surface area (Å²) >= 11 is 1.66. The third kappa shape index (κ3) is 5.16. The van der Waals surface area contributed by atoms with Crippen LogP contribution in [0.3, 0.4) is 0 Å². The van der Waals surface area contributed by atoms with Crippen LogP contribution in [0.4, 0.5) is 11.5 Å². The van der Waals surface area contributed by atoms with Gasteiger partial charge in [0.25, 0.3) is 0 Å². The molecule has 0 saturated carbocycles. The number of fused-ring (bicyclic) bond motifs is 2. The lowest BCUT2D eigenvalue weighted by Gasteiger charge is -2.31. The average molecular weight is 411 g/mol. The van der Waals surface area contributed by atoms with Gasteiger partial charge in [-0.15, -0.1) is 0 Å². The van der Waals surface area contributed by atoms with Gasteiger partial charge in [-0.3, -0.25) is 4.90 Å². The van der Waals surface area contributed by atoms with Crippen LogP contribution >= 0.6 is 11.8 Å². The Morgan fingerprint density at radius 2 is 2.14 bits per heavy atom. The highest BCUT2D eigenvalue weighted by molar-refractivity contribution is 7.99. The minimum atomic E-state index is -0.238. The highest BCUT2D eigenvalue weighted by Crippen LogP contribution is 2.42. The van der Waals surface area contributed by atoms with Gasteiger partial charge in [0.1, 0.15) is 5.03 Å². The molecule has 0 atom stereocenters. The molecule has 4 rings (SSSR count). The summed E-state index contributed by atoms with van der Waals surface area (Å²) in [6.07, 6.45) is 10.2. The highest BCUT2D eigenvalue weighted by Gasteiger charge is 2.21. The number of anilines is 2. The van der Waals surface area contributed by atoms with Gasteiger partial charge in [-0.25, -0.2) is 14.8 Å². The Morgan fingerprint density at radius 1 is 1.31 bits per heavy atom. The molecule has 1 aromatic carbocycles. The van der Waals surface area contributed by atoms with Crippen LogP contribution in [0.2, 0.25) is 0 Å². The Bertz CT molecular complexity index is 894. The number of esters is 1. The Kier molecular flexibility index (Phi) is 6.46. The van der Waals surface area contributed by atoms with Crippen molar-refractivity contribution in [1.29, 1.82) is 0 Å². The number of nitrogens with one attached hydrogen (secondary N) is 1. The van der Waals surface area contributed by atoms with E-state index in [1.54, 1.807) is 30.2 Å². The normalized spacial score (nSPS) is 16.9. The van der Waals surface area contributed by atoms with E-state index in [4.69, 9.17) is 4.74 Å². The van der Waals surface area contributed by atoms with Crippen molar-refractivity contribution in [2.75, 3.05) is 25.0 Å². The predicted molar refractivity (Wildman–Crippen MR) is 114 cm³/mol. The maximum absolute atomic E-state index is 11.4. The fraction of sp³-hybridized carbons (Fsp3) is 0.409. The Hall–Kier alpha value is -2.38. The number of ether oxygens (including phenoxy) is 1. The third-order valence-electron chi connectivity index (χ3n) is 5.29. The zero-order chi connectivity index (χ0) is 20.1. The predicted octanol–water partition coefficient (Wildman–Crippen LogP) is 4.41. The van der Waals surface area contributed by atoms with Crippen molar-refractivity contribution in [3.63, 3.8) is 0 Å². The quantitative estimate of drug-likeness (QED) is 0.477. The molecule has 0 aliphatic carbocycles. The molecule has 1 fully saturated rings. The van der Waals surface area contributed by atoms with Gasteiger partial charge in [0.15, 0.2) is 5.82 Å². The second kappa shape index (κ2) is 9.41. The molecule has 29 heavy (non-hydrogen) atoms. The van der Waals surface area contributed by atoms with Gasteiger partial charge < -0.3 is 10.1 Å². The molecule has 1 saturated heterocycles. The van der Waals surface area contributed by atoms with Crippen molar-refractivity contribution in [3.05, 3.63) is 48.3 Å². The minimum absolute atomic E-state index is 0.238. The molecular formula is C22H26N4O2S. The largest absolute Gasteiger partial charge is 0.463 e. The topological polar surface area (TPSA) is 67.3 Å². The van der Waals surface area contributed by atoms with E-state index in [1.165, 1.54) is 10.5 Å². The van der Waals surface area contributed by atoms with E-state index in [0.717, 1.165) is 55.4 Å². The molecule has 1 aromatic heterocycles. The number of hydrogen-bond acceptors (Lipinski definition) is 7. The van der Waals surface area contributed by atoms with Crippen molar-refractivity contribution in [2.24, 2.45) is 5.92 Å². The molecule has 0 unspecified atom stereocenters. The van der Waals surface area contributed by atoms with Crippen molar-refractivity contribution < 1.29 is 9.53 Å². The van der Waals surface area contributed by atoms with Crippen molar-refractivity contribution in [3.8, 4) is 0 Å². The second-order valence-electron chi connectivity index (χ2n) is 7.38. The van der Waals surface area contributed by atoms with Crippen molar-refractivity contribution in [1.82, 2.24) is 14.9 Å². The van der Waals surface area contributed by atoms with E-state index in [9.17, 15) is 4.79 Å². The van der Waals surface area contributed by atoms with Gasteiger partial charge in [-0.05, 0) is 62.9 Å². The Balaban J connectivity index is 1.28. The SMILES string of the molecule is CCOC(=O)C=CCC1CCN(Cc2ccc3c(c2)Nc2nccnc2S3)CC1. The molecule has 7 heteroatoms. The van der Waals surface area contributed by atoms with Gasteiger partial charge in [0.2, 0.25) is 0 Å². The summed E-state index contributed by atoms with van der Waals surface area (Å²) in [6.45, 7) is 5.39. The number of allylic oxidation sites excluding steroid dienone is 1. The van der Waals surface area contributed by atoms with Crippen LogP contribution in [0.1, 0.15) is 31.7 Å². The van der Waals surface area contributed by atoms with E-state index in [0.29, 0.717) is 12.5 Å². The summed E-state index contributed by atoms with van der Waals surface area (Å²) in [4.78, 5) is 23.8. The number of likely N-dealkylation sites (tertiary alicyclic amines) is 1. The highest BCUT2D eigenvalue weighted by atomic mass is 32.2. The fourth-order valence-corrected chi connectivity index (χ4v) is 4.64. The molecule has 6 nitrogen and oxygen atoms in total. The number of carbonyl (C=O) groups excluding carboxylic acids is 1. The molecule has 0 bridgehead atoms. The molecule has 2 aliphatic heterocycles. The first-order valence-corrected chi connectivity index (χ1v) is 11.0. The fourth-order valence-electron chi connectivity index (χ4n) is 3.77. The number of carbonyl (C=O) groups is 1. The van der Waals surface area contributed by atoms with Crippen LogP contribution in [0.25, 0.3) is 0 Å². The van der Waals surface area contributed by atoms with Crippen LogP contribution in [-0.2, 0) is 16.1 Å². The van der Waals surface area contributed by atoms with Gasteiger partial charge >= 0.3 is 5.97 Å². The molecular weight excluding hydrogens is 384 g/mol. The van der Waals surface area contributed by atoms with Crippen LogP contribution < -0.4 is 5.32 Å². The summed E-state index contributed by atoms with van der Waals surface area (Å²) in [6, 6.07) is 6.62. The lowest BCUT2D eigenvalue weighted by molar-refractivity contribution is -0.137. The first-order valence-electron chi connectivity index (χ1n) is 10.2. The van der Waals surface area contributed by atoms with E-state index >= 15 is 0 Å². The average Bonchev–Trinajstić information content (AvgIpc) is 2.74. The van der Waals surface area contributed by atoms with Crippen LogP contribution in [-0.4, -0.2) is 40.5 Å². The van der Waals surface area contributed by atoms with Gasteiger partial charge in [0, 0.05) is 29.9 Å². The van der Waals surface area contributed by atoms with E-state index in [-0.39, 0.29) is 5.97 Å². The maximum atomic E-state index is 11.4. The molecule has 2 aliphatic rings. The first kappa shape index (κ1) is 19.9. The molecule has 152 valence electrons. The molecule has 0 amide bonds. The van der Waals surface area contributed by atoms with Crippen LogP contribution in [0.15, 0.2) is 52.7 Å². The molecule has 0 radical (unpaired) electrons. The lowest BCUT2D eigenvalue weighted by Crippen LogP contribution is -2.33. The number of piperidine rings is 1. The van der Waals surface area contributed by atoms with Gasteiger partial charge in [-0.1, -0.05) is 23.9 Å². The second-order valence-corrected chi connectivity index (χ2v) is 8.41. The lowest BCUT2D eigenvalue weighted by atomic mass is 9.93. The standard InChI is InChI=1S/C22H26N4O2S/c1-2-28-20(27)5-3-4-16-8-12-26(13-9-16)15-17-6-7-19-18(14-17)25-21-22(29-19)24-11-10-23-21/h3,5-7,10-11,14,16H,2,4,8-9,12-13,15H2,1H3,(H,23,25). The monoisotopic (exact) mass is 410 g/mol. The molecule has 3 heterocycles. The zero-order valence-electron chi connectivity index (χ0n) is 16.6. The van der Waals surface area contributed by atoms with E-state index in [1.807, 2.05) is 13.0 Å². The molecule has 0 spiro atoms. The van der Waals surface area contributed by atoms with Crippen LogP contribution in [0, 0.1) is 5.92 Å². The summed E-state index contributed by atoms with van der Waals surface area (Å²) in [7, 11) is 0. The summed E-state index contributed by atoms with van der Waals surface area (Å²) < 4.78 is 4.93. The third-order valence-corrected chi connectivity index (χ3v) is 6.36. The first-order chi connectivity index (χ1) is 14.2. The van der Waals surface area contributed by atoms with E-state index < -0.39 is 0 Å². The van der Waals surface area contributed by atoms with Gasteiger partial charge in [0.05, 0.1) is 12.3 Å². The molecule has 2 aromatic rings. The summed E-state index contributed by atoms with van der Waals surface area (Å²) in [5, 5.41) is 4.33. The Labute approximate surface area is 175 Å². The molecule has 1 N–H and O–H groups in total. The smallest absolute Gasteiger partial charge is 0.330 e. The number of hydrogen-bond donors (Lipinski definition) is 1. The van der Waals surface area contributed by atoms with E-state index in [2.05, 4.69) is 38.4 Å². The zero-order valence-corrected chi connectivity index (χ0v) is 17.5. The summed E-state index contributed by atoms with van der Waals surface area (Å²) in [5.74, 6) is 1.24. The minimum Gasteiger partial charge on any atom is -0.463 e. The Morgan fingerprint density at radius 3 is 2.97 bits per heavy atom. The van der Waals surface area contributed by atoms with Crippen molar-refractivity contribution >= 4 is 29.2 Å². The van der Waals surface area contributed by atoms with Crippen LogP contribution in [0.5, 0.6) is 0 Å². The number of aromatic nitrogens is 2.